The summed E-state index contributed by atoms with van der Waals surface area (Å²) in [7, 11) is 1.77. The Hall–Kier alpha value is -0.0800. The largest absolute Gasteiger partial charge is 0.381 e. The summed E-state index contributed by atoms with van der Waals surface area (Å²) in [6.07, 6.45) is 1.82. The molecule has 0 amide bonds. The average Bonchev–Trinajstić information content (AvgIpc) is 2.37. The second-order valence-corrected chi connectivity index (χ2v) is 4.99. The van der Waals surface area contributed by atoms with Gasteiger partial charge < -0.3 is 20.1 Å². The van der Waals surface area contributed by atoms with Crippen LogP contribution in [0, 0.1) is 0 Å². The Bertz CT molecular complexity index is 267. The Morgan fingerprint density at radius 1 is 1.37 bits per heavy atom. The van der Waals surface area contributed by atoms with E-state index in [0.717, 1.165) is 38.6 Å². The lowest BCUT2D eigenvalue weighted by atomic mass is 9.94. The fraction of sp³-hybridized carbons (Fsp3) is 0.923. The van der Waals surface area contributed by atoms with Crippen LogP contribution >= 0.6 is 24.0 Å². The molecular formula is C13H28IN3O2. The molecule has 0 aromatic carbocycles. The minimum Gasteiger partial charge on any atom is -0.381 e. The van der Waals surface area contributed by atoms with Crippen molar-refractivity contribution in [3.8, 4) is 0 Å². The first-order valence-electron chi connectivity index (χ1n) is 6.79. The molecule has 1 aliphatic heterocycles. The highest BCUT2D eigenvalue weighted by Crippen LogP contribution is 2.24. The summed E-state index contributed by atoms with van der Waals surface area (Å²) >= 11 is 0. The van der Waals surface area contributed by atoms with Crippen molar-refractivity contribution < 1.29 is 9.47 Å². The molecule has 2 N–H and O–H groups in total. The molecule has 5 nitrogen and oxygen atoms in total. The predicted octanol–water partition coefficient (Wildman–Crippen LogP) is 1.76. The summed E-state index contributed by atoms with van der Waals surface area (Å²) in [5.41, 5.74) is -0.155. The van der Waals surface area contributed by atoms with E-state index >= 15 is 0 Å². The SMILES string of the molecule is CCNC(=NCC1(OC)CCOCC1)NC(C)C.I. The predicted molar refractivity (Wildman–Crippen MR) is 89.5 cm³/mol. The van der Waals surface area contributed by atoms with Gasteiger partial charge in [0.2, 0.25) is 0 Å². The van der Waals surface area contributed by atoms with E-state index in [4.69, 9.17) is 9.47 Å². The number of hydrogen-bond acceptors (Lipinski definition) is 3. The van der Waals surface area contributed by atoms with E-state index in [9.17, 15) is 0 Å². The van der Waals surface area contributed by atoms with E-state index in [1.807, 2.05) is 0 Å². The van der Waals surface area contributed by atoms with E-state index < -0.39 is 0 Å². The van der Waals surface area contributed by atoms with Crippen molar-refractivity contribution >= 4 is 29.9 Å². The van der Waals surface area contributed by atoms with Crippen LogP contribution in [0.2, 0.25) is 0 Å². The third kappa shape index (κ3) is 6.76. The minimum absolute atomic E-state index is 0. The first-order valence-corrected chi connectivity index (χ1v) is 6.79. The van der Waals surface area contributed by atoms with Gasteiger partial charge in [-0.1, -0.05) is 0 Å². The molecule has 0 aromatic heterocycles. The molecular weight excluding hydrogens is 357 g/mol. The molecule has 114 valence electrons. The van der Waals surface area contributed by atoms with Crippen LogP contribution in [-0.2, 0) is 9.47 Å². The smallest absolute Gasteiger partial charge is 0.191 e. The van der Waals surface area contributed by atoms with Crippen LogP contribution in [0.1, 0.15) is 33.6 Å². The molecule has 1 fully saturated rings. The van der Waals surface area contributed by atoms with Crippen molar-refractivity contribution in [2.45, 2.75) is 45.3 Å². The first-order chi connectivity index (χ1) is 8.62. The van der Waals surface area contributed by atoms with Gasteiger partial charge in [0, 0.05) is 45.8 Å². The zero-order chi connectivity index (χ0) is 13.4. The second-order valence-electron chi connectivity index (χ2n) is 4.99. The highest BCUT2D eigenvalue weighted by Gasteiger charge is 2.32. The van der Waals surface area contributed by atoms with Gasteiger partial charge in [0.15, 0.2) is 5.96 Å². The summed E-state index contributed by atoms with van der Waals surface area (Å²) in [5.74, 6) is 0.857. The first kappa shape index (κ1) is 18.9. The van der Waals surface area contributed by atoms with Gasteiger partial charge >= 0.3 is 0 Å². The number of rotatable bonds is 5. The van der Waals surface area contributed by atoms with Crippen LogP contribution in [0.4, 0.5) is 0 Å². The summed E-state index contributed by atoms with van der Waals surface area (Å²) in [4.78, 5) is 4.63. The van der Waals surface area contributed by atoms with Crippen molar-refractivity contribution in [2.75, 3.05) is 33.4 Å². The standard InChI is InChI=1S/C13H27N3O2.HI/c1-5-14-12(16-11(2)3)15-10-13(17-4)6-8-18-9-7-13;/h11H,5-10H2,1-4H3,(H2,14,15,16);1H. The van der Waals surface area contributed by atoms with Gasteiger partial charge in [-0.3, -0.25) is 4.99 Å². The van der Waals surface area contributed by atoms with Crippen LogP contribution in [0.15, 0.2) is 4.99 Å². The molecule has 6 heteroatoms. The molecule has 0 unspecified atom stereocenters. The maximum Gasteiger partial charge on any atom is 0.191 e. The Morgan fingerprint density at radius 3 is 2.47 bits per heavy atom. The molecule has 0 atom stereocenters. The lowest BCUT2D eigenvalue weighted by molar-refractivity contribution is -0.0828. The third-order valence-electron chi connectivity index (χ3n) is 3.13. The Labute approximate surface area is 133 Å². The molecule has 0 aromatic rings. The molecule has 0 spiro atoms. The lowest BCUT2D eigenvalue weighted by Gasteiger charge is -2.34. The third-order valence-corrected chi connectivity index (χ3v) is 3.13. The monoisotopic (exact) mass is 385 g/mol. The van der Waals surface area contributed by atoms with Gasteiger partial charge in [0.1, 0.15) is 0 Å². The maximum atomic E-state index is 5.67. The van der Waals surface area contributed by atoms with E-state index in [2.05, 4.69) is 36.4 Å². The van der Waals surface area contributed by atoms with Crippen molar-refractivity contribution in [3.63, 3.8) is 0 Å². The minimum atomic E-state index is -0.155. The Morgan fingerprint density at radius 2 is 2.00 bits per heavy atom. The zero-order valence-corrected chi connectivity index (χ0v) is 14.8. The number of methoxy groups -OCH3 is 1. The zero-order valence-electron chi connectivity index (χ0n) is 12.5. The van der Waals surface area contributed by atoms with Crippen molar-refractivity contribution in [1.82, 2.24) is 10.6 Å². The Kier molecular flexibility index (Phi) is 9.72. The maximum absolute atomic E-state index is 5.67. The fourth-order valence-corrected chi connectivity index (χ4v) is 1.99. The van der Waals surface area contributed by atoms with Crippen LogP contribution in [0.25, 0.3) is 0 Å². The number of nitrogens with zero attached hydrogens (tertiary/aromatic N) is 1. The van der Waals surface area contributed by atoms with E-state index in [0.29, 0.717) is 12.6 Å². The van der Waals surface area contributed by atoms with Crippen LogP contribution in [-0.4, -0.2) is 51.0 Å². The molecule has 0 bridgehead atoms. The van der Waals surface area contributed by atoms with E-state index in [1.54, 1.807) is 7.11 Å². The molecule has 1 rings (SSSR count). The van der Waals surface area contributed by atoms with Gasteiger partial charge in [-0.15, -0.1) is 24.0 Å². The molecule has 1 saturated heterocycles. The van der Waals surface area contributed by atoms with E-state index in [1.165, 1.54) is 0 Å². The van der Waals surface area contributed by atoms with Crippen molar-refractivity contribution in [2.24, 2.45) is 4.99 Å². The lowest BCUT2D eigenvalue weighted by Crippen LogP contribution is -2.45. The fourth-order valence-electron chi connectivity index (χ4n) is 1.99. The van der Waals surface area contributed by atoms with Crippen LogP contribution in [0.5, 0.6) is 0 Å². The number of halogens is 1. The van der Waals surface area contributed by atoms with Gasteiger partial charge in [0.05, 0.1) is 12.1 Å². The van der Waals surface area contributed by atoms with Crippen molar-refractivity contribution in [1.29, 1.82) is 0 Å². The highest BCUT2D eigenvalue weighted by molar-refractivity contribution is 14.0. The van der Waals surface area contributed by atoms with E-state index in [-0.39, 0.29) is 29.6 Å². The van der Waals surface area contributed by atoms with Crippen LogP contribution < -0.4 is 10.6 Å². The molecule has 0 saturated carbocycles. The number of aliphatic imine (C=N–C) groups is 1. The van der Waals surface area contributed by atoms with Gasteiger partial charge in [0.25, 0.3) is 0 Å². The Balaban J connectivity index is 0.00000324. The summed E-state index contributed by atoms with van der Waals surface area (Å²) < 4.78 is 11.1. The number of guanidine groups is 1. The van der Waals surface area contributed by atoms with Gasteiger partial charge in [-0.05, 0) is 20.8 Å². The summed E-state index contributed by atoms with van der Waals surface area (Å²) in [5, 5.41) is 6.56. The van der Waals surface area contributed by atoms with Crippen LogP contribution in [0.3, 0.4) is 0 Å². The highest BCUT2D eigenvalue weighted by atomic mass is 127. The van der Waals surface area contributed by atoms with Crippen molar-refractivity contribution in [3.05, 3.63) is 0 Å². The molecule has 1 heterocycles. The summed E-state index contributed by atoms with van der Waals surface area (Å²) in [6.45, 7) is 9.34. The second kappa shape index (κ2) is 9.77. The van der Waals surface area contributed by atoms with Gasteiger partial charge in [-0.2, -0.15) is 0 Å². The molecule has 19 heavy (non-hydrogen) atoms. The van der Waals surface area contributed by atoms with Gasteiger partial charge in [-0.25, -0.2) is 0 Å². The number of ether oxygens (including phenoxy) is 2. The molecule has 1 aliphatic rings. The number of nitrogens with one attached hydrogen (secondary N) is 2. The molecule has 0 radical (unpaired) electrons. The molecule has 0 aliphatic carbocycles. The quantitative estimate of drug-likeness (QED) is 0.430. The topological polar surface area (TPSA) is 54.9 Å². The normalized spacial score (nSPS) is 18.9. The number of hydrogen-bond donors (Lipinski definition) is 2. The summed E-state index contributed by atoms with van der Waals surface area (Å²) in [6, 6.07) is 0.371. The average molecular weight is 385 g/mol.